The Morgan fingerprint density at radius 3 is 2.27 bits per heavy atom. The molecule has 0 aliphatic carbocycles. The minimum atomic E-state index is -1.18. The number of carboxylic acids is 1. The fourth-order valence-electron chi connectivity index (χ4n) is 1.50. The third-order valence-corrected chi connectivity index (χ3v) is 2.83. The van der Waals surface area contributed by atoms with Crippen molar-refractivity contribution in [3.05, 3.63) is 12.7 Å². The van der Waals surface area contributed by atoms with Gasteiger partial charge in [-0.3, -0.25) is 19.2 Å². The summed E-state index contributed by atoms with van der Waals surface area (Å²) < 4.78 is 4.47. The quantitative estimate of drug-likeness (QED) is 0.296. The highest BCUT2D eigenvalue weighted by molar-refractivity contribution is 5.91. The summed E-state index contributed by atoms with van der Waals surface area (Å²) in [5, 5.41) is 13.4. The maximum absolute atomic E-state index is 11.8. The molecule has 0 spiro atoms. The van der Waals surface area contributed by atoms with Crippen LogP contribution in [0.4, 0.5) is 0 Å². The summed E-state index contributed by atoms with van der Waals surface area (Å²) in [5.74, 6) is -2.54. The van der Waals surface area contributed by atoms with Gasteiger partial charge in [-0.1, -0.05) is 6.08 Å². The molecule has 8 nitrogen and oxygen atoms in total. The first-order valence-electron chi connectivity index (χ1n) is 6.83. The number of esters is 1. The molecule has 0 fully saturated rings. The van der Waals surface area contributed by atoms with E-state index < -0.39 is 24.0 Å². The van der Waals surface area contributed by atoms with Crippen LogP contribution >= 0.6 is 0 Å². The van der Waals surface area contributed by atoms with Crippen LogP contribution in [0.2, 0.25) is 0 Å². The molecule has 124 valence electrons. The molecule has 0 aliphatic rings. The fraction of sp³-hybridized carbons (Fsp3) is 0.571. The number of carbonyl (C=O) groups is 4. The van der Waals surface area contributed by atoms with Crippen molar-refractivity contribution in [3.63, 3.8) is 0 Å². The zero-order valence-corrected chi connectivity index (χ0v) is 12.8. The summed E-state index contributed by atoms with van der Waals surface area (Å²) in [6.07, 6.45) is 2.56. The minimum Gasteiger partial charge on any atom is -0.480 e. The summed E-state index contributed by atoms with van der Waals surface area (Å²) in [7, 11) is 1.29. The summed E-state index contributed by atoms with van der Waals surface area (Å²) >= 11 is 0. The van der Waals surface area contributed by atoms with Crippen LogP contribution in [0.15, 0.2) is 12.7 Å². The van der Waals surface area contributed by atoms with E-state index in [0.717, 1.165) is 0 Å². The van der Waals surface area contributed by atoms with Crippen molar-refractivity contribution in [3.8, 4) is 0 Å². The largest absolute Gasteiger partial charge is 0.480 e. The molecule has 0 aromatic rings. The number of carboxylic acid groups (broad SMARTS) is 1. The van der Waals surface area contributed by atoms with Crippen LogP contribution in [0.25, 0.3) is 0 Å². The van der Waals surface area contributed by atoms with E-state index in [-0.39, 0.29) is 24.7 Å². The lowest BCUT2D eigenvalue weighted by atomic mass is 10.1. The average molecular weight is 314 g/mol. The number of aliphatic carboxylic acids is 1. The predicted molar refractivity (Wildman–Crippen MR) is 77.9 cm³/mol. The molecular weight excluding hydrogens is 292 g/mol. The van der Waals surface area contributed by atoms with Crippen LogP contribution in [0.3, 0.4) is 0 Å². The second-order valence-electron chi connectivity index (χ2n) is 4.63. The van der Waals surface area contributed by atoms with Crippen LogP contribution in [0.5, 0.6) is 0 Å². The molecule has 0 saturated carbocycles. The lowest BCUT2D eigenvalue weighted by Gasteiger charge is -2.16. The zero-order chi connectivity index (χ0) is 17.1. The van der Waals surface area contributed by atoms with Gasteiger partial charge in [0.15, 0.2) is 0 Å². The number of rotatable bonds is 10. The normalized spacial score (nSPS) is 12.6. The van der Waals surface area contributed by atoms with Crippen molar-refractivity contribution in [2.24, 2.45) is 0 Å². The number of hydrogen-bond acceptors (Lipinski definition) is 5. The van der Waals surface area contributed by atoms with Gasteiger partial charge in [0.1, 0.15) is 12.1 Å². The molecule has 0 rings (SSSR count). The number of unbranched alkanes of at least 4 members (excludes halogenated alkanes) is 1. The summed E-state index contributed by atoms with van der Waals surface area (Å²) in [6, 6.07) is -2.07. The smallest absolute Gasteiger partial charge is 0.325 e. The van der Waals surface area contributed by atoms with E-state index in [1.807, 2.05) is 0 Å². The van der Waals surface area contributed by atoms with E-state index in [4.69, 9.17) is 5.11 Å². The number of hydrogen-bond donors (Lipinski definition) is 3. The molecule has 22 heavy (non-hydrogen) atoms. The fourth-order valence-corrected chi connectivity index (χ4v) is 1.50. The Hall–Kier alpha value is -2.38. The molecule has 2 atom stereocenters. The maximum Gasteiger partial charge on any atom is 0.325 e. The number of carbonyl (C=O) groups excluding carboxylic acids is 3. The standard InChI is InChI=1S/C14H22N2O6/c1-4-10(13(19)15-9(2)14(20)21)16-11(17)7-5-6-8-12(18)22-3/h4,9-10H,1,5-8H2,2-3H3,(H,15,19)(H,16,17)(H,20,21)/t9-,10-/m0/s1. The average Bonchev–Trinajstić information content (AvgIpc) is 2.48. The second kappa shape index (κ2) is 10.4. The first kappa shape index (κ1) is 19.6. The van der Waals surface area contributed by atoms with Crippen molar-refractivity contribution >= 4 is 23.8 Å². The topological polar surface area (TPSA) is 122 Å². The van der Waals surface area contributed by atoms with Gasteiger partial charge < -0.3 is 20.5 Å². The number of nitrogens with one attached hydrogen (secondary N) is 2. The van der Waals surface area contributed by atoms with Crippen molar-refractivity contribution in [2.75, 3.05) is 7.11 Å². The molecule has 2 amide bonds. The summed E-state index contributed by atoms with van der Waals surface area (Å²) in [4.78, 5) is 45.0. The van der Waals surface area contributed by atoms with Gasteiger partial charge in [-0.05, 0) is 19.8 Å². The van der Waals surface area contributed by atoms with Gasteiger partial charge in [0.2, 0.25) is 11.8 Å². The van der Waals surface area contributed by atoms with Crippen LogP contribution in [-0.2, 0) is 23.9 Å². The molecule has 0 heterocycles. The lowest BCUT2D eigenvalue weighted by molar-refractivity contribution is -0.142. The van der Waals surface area contributed by atoms with E-state index in [2.05, 4.69) is 21.9 Å². The SMILES string of the molecule is C=C[C@H](NC(=O)CCCCC(=O)OC)C(=O)N[C@@H](C)C(=O)O. The monoisotopic (exact) mass is 314 g/mol. The molecule has 3 N–H and O–H groups in total. The van der Waals surface area contributed by atoms with E-state index in [1.165, 1.54) is 20.1 Å². The van der Waals surface area contributed by atoms with E-state index in [9.17, 15) is 19.2 Å². The molecule has 0 radical (unpaired) electrons. The first-order valence-corrected chi connectivity index (χ1v) is 6.83. The van der Waals surface area contributed by atoms with Crippen LogP contribution in [0, 0.1) is 0 Å². The number of methoxy groups -OCH3 is 1. The third-order valence-electron chi connectivity index (χ3n) is 2.83. The number of ether oxygens (including phenoxy) is 1. The highest BCUT2D eigenvalue weighted by atomic mass is 16.5. The van der Waals surface area contributed by atoms with Crippen molar-refractivity contribution in [1.82, 2.24) is 10.6 Å². The first-order chi connectivity index (χ1) is 10.3. The Morgan fingerprint density at radius 2 is 1.77 bits per heavy atom. The lowest BCUT2D eigenvalue weighted by Crippen LogP contribution is -2.49. The van der Waals surface area contributed by atoms with Gasteiger partial charge in [0.05, 0.1) is 7.11 Å². The van der Waals surface area contributed by atoms with Gasteiger partial charge in [0, 0.05) is 12.8 Å². The Kier molecular flexibility index (Phi) is 9.24. The highest BCUT2D eigenvalue weighted by Crippen LogP contribution is 2.01. The van der Waals surface area contributed by atoms with Gasteiger partial charge in [-0.15, -0.1) is 6.58 Å². The van der Waals surface area contributed by atoms with E-state index in [0.29, 0.717) is 12.8 Å². The molecule has 0 aliphatic heterocycles. The Balaban J connectivity index is 4.18. The Labute approximate surface area is 128 Å². The highest BCUT2D eigenvalue weighted by Gasteiger charge is 2.21. The van der Waals surface area contributed by atoms with Crippen LogP contribution in [0.1, 0.15) is 32.6 Å². The van der Waals surface area contributed by atoms with Crippen LogP contribution in [-0.4, -0.2) is 48.1 Å². The van der Waals surface area contributed by atoms with Gasteiger partial charge >= 0.3 is 11.9 Å². The van der Waals surface area contributed by atoms with Crippen molar-refractivity contribution in [2.45, 2.75) is 44.7 Å². The molecule has 8 heteroatoms. The second-order valence-corrected chi connectivity index (χ2v) is 4.63. The van der Waals surface area contributed by atoms with E-state index in [1.54, 1.807) is 0 Å². The van der Waals surface area contributed by atoms with Crippen molar-refractivity contribution in [1.29, 1.82) is 0 Å². The predicted octanol–water partition coefficient (Wildman–Crippen LogP) is -0.0201. The maximum atomic E-state index is 11.8. The number of amides is 2. The summed E-state index contributed by atoms with van der Waals surface area (Å²) in [6.45, 7) is 4.75. The van der Waals surface area contributed by atoms with Gasteiger partial charge in [0.25, 0.3) is 0 Å². The van der Waals surface area contributed by atoms with Crippen molar-refractivity contribution < 1.29 is 29.0 Å². The van der Waals surface area contributed by atoms with Gasteiger partial charge in [-0.25, -0.2) is 0 Å². The molecule has 0 aromatic carbocycles. The van der Waals surface area contributed by atoms with Crippen LogP contribution < -0.4 is 10.6 Å². The third kappa shape index (κ3) is 8.03. The van der Waals surface area contributed by atoms with E-state index >= 15 is 0 Å². The molecular formula is C14H22N2O6. The molecule has 0 aromatic heterocycles. The van der Waals surface area contributed by atoms with Gasteiger partial charge in [-0.2, -0.15) is 0 Å². The molecule has 0 bridgehead atoms. The molecule has 0 unspecified atom stereocenters. The summed E-state index contributed by atoms with van der Waals surface area (Å²) in [5.41, 5.74) is 0. The minimum absolute atomic E-state index is 0.142. The molecule has 0 saturated heterocycles. The Morgan fingerprint density at radius 1 is 1.18 bits per heavy atom. The Bertz CT molecular complexity index is 435. The zero-order valence-electron chi connectivity index (χ0n) is 12.8.